The maximum absolute atomic E-state index is 12.5. The Bertz CT molecular complexity index is 732. The minimum Gasteiger partial charge on any atom is -0.498 e. The third-order valence-electron chi connectivity index (χ3n) is 4.95. The van der Waals surface area contributed by atoms with Crippen molar-refractivity contribution in [3.05, 3.63) is 42.2 Å². The fourth-order valence-corrected chi connectivity index (χ4v) is 3.51. The fourth-order valence-electron chi connectivity index (χ4n) is 3.51. The van der Waals surface area contributed by atoms with Gasteiger partial charge in [0.15, 0.2) is 0 Å². The summed E-state index contributed by atoms with van der Waals surface area (Å²) < 4.78 is 5.39. The number of likely N-dealkylation sites (tertiary alicyclic amines) is 1. The molecule has 0 aromatic heterocycles. The van der Waals surface area contributed by atoms with E-state index >= 15 is 0 Å². The third-order valence-corrected chi connectivity index (χ3v) is 4.95. The molecule has 1 aromatic rings. The van der Waals surface area contributed by atoms with Crippen LogP contribution in [0.15, 0.2) is 42.2 Å². The SMILES string of the molecule is O=C(CCC(=O)N1CCC[C@H]1C(=O)Nc1ccccc1)NCCC1=CCCO1. The van der Waals surface area contributed by atoms with Crippen molar-refractivity contribution in [2.75, 3.05) is 25.0 Å². The van der Waals surface area contributed by atoms with Gasteiger partial charge in [-0.3, -0.25) is 14.4 Å². The second-order valence-corrected chi connectivity index (χ2v) is 7.01. The summed E-state index contributed by atoms with van der Waals surface area (Å²) >= 11 is 0. The van der Waals surface area contributed by atoms with Crippen LogP contribution in [0, 0.1) is 0 Å². The zero-order valence-corrected chi connectivity index (χ0v) is 16.0. The standard InChI is InChI=1S/C21H27N3O4/c25-19(22-13-12-17-8-5-15-28-17)10-11-20(26)24-14-4-9-18(24)21(27)23-16-6-2-1-3-7-16/h1-3,6-8,18H,4-5,9-15H2,(H,22,25)(H,23,27)/t18-/m0/s1. The number of hydrogen-bond acceptors (Lipinski definition) is 4. The van der Waals surface area contributed by atoms with Crippen molar-refractivity contribution in [1.29, 1.82) is 0 Å². The number of para-hydroxylation sites is 1. The van der Waals surface area contributed by atoms with Crippen LogP contribution in [0.3, 0.4) is 0 Å². The number of nitrogens with zero attached hydrogens (tertiary/aromatic N) is 1. The molecule has 0 spiro atoms. The molecule has 0 radical (unpaired) electrons. The largest absolute Gasteiger partial charge is 0.498 e. The zero-order valence-electron chi connectivity index (χ0n) is 16.0. The Kier molecular flexibility index (Phi) is 7.06. The molecule has 2 heterocycles. The van der Waals surface area contributed by atoms with Gasteiger partial charge in [-0.25, -0.2) is 0 Å². The van der Waals surface area contributed by atoms with Gasteiger partial charge in [0.2, 0.25) is 17.7 Å². The van der Waals surface area contributed by atoms with E-state index in [2.05, 4.69) is 10.6 Å². The van der Waals surface area contributed by atoms with Crippen LogP contribution in [0.25, 0.3) is 0 Å². The Morgan fingerprint density at radius 1 is 1.14 bits per heavy atom. The molecule has 0 unspecified atom stereocenters. The Balaban J connectivity index is 1.41. The monoisotopic (exact) mass is 385 g/mol. The molecule has 3 rings (SSSR count). The van der Waals surface area contributed by atoms with Gasteiger partial charge in [-0.15, -0.1) is 0 Å². The van der Waals surface area contributed by atoms with Crippen molar-refractivity contribution in [3.63, 3.8) is 0 Å². The van der Waals surface area contributed by atoms with Crippen LogP contribution in [-0.2, 0) is 19.1 Å². The van der Waals surface area contributed by atoms with Gasteiger partial charge in [-0.2, -0.15) is 0 Å². The molecule has 0 saturated carbocycles. The molecule has 0 aliphatic carbocycles. The van der Waals surface area contributed by atoms with Gasteiger partial charge in [0, 0.05) is 44.5 Å². The van der Waals surface area contributed by atoms with E-state index in [-0.39, 0.29) is 30.6 Å². The number of ether oxygens (including phenoxy) is 1. The fraction of sp³-hybridized carbons (Fsp3) is 0.476. The lowest BCUT2D eigenvalue weighted by atomic mass is 10.2. The van der Waals surface area contributed by atoms with Gasteiger partial charge in [0.25, 0.3) is 0 Å². The highest BCUT2D eigenvalue weighted by Crippen LogP contribution is 2.20. The van der Waals surface area contributed by atoms with E-state index in [0.29, 0.717) is 38.2 Å². The quantitative estimate of drug-likeness (QED) is 0.718. The summed E-state index contributed by atoms with van der Waals surface area (Å²) in [5.41, 5.74) is 0.715. The first-order chi connectivity index (χ1) is 13.6. The van der Waals surface area contributed by atoms with E-state index in [1.807, 2.05) is 36.4 Å². The number of carbonyl (C=O) groups is 3. The summed E-state index contributed by atoms with van der Waals surface area (Å²) in [4.78, 5) is 38.6. The highest BCUT2D eigenvalue weighted by Gasteiger charge is 2.33. The van der Waals surface area contributed by atoms with Crippen LogP contribution in [0.2, 0.25) is 0 Å². The van der Waals surface area contributed by atoms with Crippen molar-refractivity contribution in [2.45, 2.75) is 44.6 Å². The molecule has 2 aliphatic rings. The minimum absolute atomic E-state index is 0.111. The predicted octanol–water partition coefficient (Wildman–Crippen LogP) is 2.21. The number of amides is 3. The number of rotatable bonds is 8. The van der Waals surface area contributed by atoms with Gasteiger partial charge in [-0.1, -0.05) is 18.2 Å². The maximum atomic E-state index is 12.5. The molecule has 3 amide bonds. The molecule has 1 atom stereocenters. The Morgan fingerprint density at radius 3 is 2.71 bits per heavy atom. The Morgan fingerprint density at radius 2 is 1.96 bits per heavy atom. The molecular weight excluding hydrogens is 358 g/mol. The number of hydrogen-bond donors (Lipinski definition) is 2. The number of nitrogens with one attached hydrogen (secondary N) is 2. The highest BCUT2D eigenvalue weighted by molar-refractivity contribution is 5.97. The third kappa shape index (κ3) is 5.58. The second kappa shape index (κ2) is 9.92. The van der Waals surface area contributed by atoms with Crippen LogP contribution in [-0.4, -0.2) is 48.4 Å². The topological polar surface area (TPSA) is 87.7 Å². The molecule has 28 heavy (non-hydrogen) atoms. The average molecular weight is 385 g/mol. The molecule has 0 bridgehead atoms. The molecule has 2 N–H and O–H groups in total. The highest BCUT2D eigenvalue weighted by atomic mass is 16.5. The van der Waals surface area contributed by atoms with Crippen molar-refractivity contribution in [1.82, 2.24) is 10.2 Å². The molecule has 7 heteroatoms. The first-order valence-corrected chi connectivity index (χ1v) is 9.87. The minimum atomic E-state index is -0.470. The maximum Gasteiger partial charge on any atom is 0.247 e. The van der Waals surface area contributed by atoms with Gasteiger partial charge in [-0.05, 0) is 31.1 Å². The van der Waals surface area contributed by atoms with E-state index in [1.165, 1.54) is 0 Å². The van der Waals surface area contributed by atoms with E-state index in [0.717, 1.165) is 18.6 Å². The van der Waals surface area contributed by atoms with Crippen LogP contribution in [0.4, 0.5) is 5.69 Å². The van der Waals surface area contributed by atoms with E-state index in [1.54, 1.807) is 4.90 Å². The Hall–Kier alpha value is -2.83. The smallest absolute Gasteiger partial charge is 0.247 e. The normalized spacial score (nSPS) is 18.4. The summed E-state index contributed by atoms with van der Waals surface area (Å²) in [6, 6.07) is 8.74. The summed E-state index contributed by atoms with van der Waals surface area (Å²) in [7, 11) is 0. The molecule has 2 aliphatic heterocycles. The van der Waals surface area contributed by atoms with Gasteiger partial charge >= 0.3 is 0 Å². The Labute approximate surface area is 165 Å². The lowest BCUT2D eigenvalue weighted by Gasteiger charge is -2.24. The molecule has 1 aromatic carbocycles. The molecule has 7 nitrogen and oxygen atoms in total. The van der Waals surface area contributed by atoms with E-state index < -0.39 is 6.04 Å². The van der Waals surface area contributed by atoms with Gasteiger partial charge in [0.05, 0.1) is 12.4 Å². The lowest BCUT2D eigenvalue weighted by Crippen LogP contribution is -2.43. The zero-order chi connectivity index (χ0) is 19.8. The van der Waals surface area contributed by atoms with Crippen LogP contribution in [0.1, 0.15) is 38.5 Å². The lowest BCUT2D eigenvalue weighted by molar-refractivity contribution is -0.137. The summed E-state index contributed by atoms with van der Waals surface area (Å²) in [5.74, 6) is 0.436. The number of anilines is 1. The van der Waals surface area contributed by atoms with E-state index in [9.17, 15) is 14.4 Å². The van der Waals surface area contributed by atoms with Crippen molar-refractivity contribution < 1.29 is 19.1 Å². The van der Waals surface area contributed by atoms with Crippen molar-refractivity contribution in [2.24, 2.45) is 0 Å². The second-order valence-electron chi connectivity index (χ2n) is 7.01. The molecule has 1 fully saturated rings. The predicted molar refractivity (Wildman–Crippen MR) is 105 cm³/mol. The number of carbonyl (C=O) groups excluding carboxylic acids is 3. The summed E-state index contributed by atoms with van der Waals surface area (Å²) in [6.45, 7) is 1.77. The van der Waals surface area contributed by atoms with Crippen molar-refractivity contribution in [3.8, 4) is 0 Å². The molecular formula is C21H27N3O4. The van der Waals surface area contributed by atoms with Gasteiger partial charge in [0.1, 0.15) is 6.04 Å². The summed E-state index contributed by atoms with van der Waals surface area (Å²) in [5, 5.41) is 5.67. The number of benzene rings is 1. The van der Waals surface area contributed by atoms with Crippen LogP contribution >= 0.6 is 0 Å². The first-order valence-electron chi connectivity index (χ1n) is 9.87. The van der Waals surface area contributed by atoms with E-state index in [4.69, 9.17) is 4.74 Å². The summed E-state index contributed by atoms with van der Waals surface area (Å²) in [6.07, 6.45) is 5.30. The molecule has 150 valence electrons. The van der Waals surface area contributed by atoms with Crippen LogP contribution in [0.5, 0.6) is 0 Å². The average Bonchev–Trinajstić information content (AvgIpc) is 3.39. The van der Waals surface area contributed by atoms with Crippen LogP contribution < -0.4 is 10.6 Å². The molecule has 1 saturated heterocycles. The van der Waals surface area contributed by atoms with Gasteiger partial charge < -0.3 is 20.3 Å². The van der Waals surface area contributed by atoms with Crippen molar-refractivity contribution >= 4 is 23.4 Å². The first kappa shape index (κ1) is 19.9.